The highest BCUT2D eigenvalue weighted by molar-refractivity contribution is 6.01. The monoisotopic (exact) mass is 395 g/mol. The third-order valence-electron chi connectivity index (χ3n) is 4.60. The standard InChI is InChI=1S/C22H22FN3O3/c1-13-5-10-18(14(2)11-13)24-15(3)21-19(12-20(27)29-4)25-26(22(21)28)17-8-6-16(23)7-9-17/h5-11,25H,12H2,1-4H3. The lowest BCUT2D eigenvalue weighted by Gasteiger charge is -2.05. The molecule has 0 unspecified atom stereocenters. The van der Waals surface area contributed by atoms with Crippen LogP contribution in [0.1, 0.15) is 29.3 Å². The lowest BCUT2D eigenvalue weighted by Crippen LogP contribution is -2.20. The Morgan fingerprint density at radius 2 is 1.86 bits per heavy atom. The largest absolute Gasteiger partial charge is 0.469 e. The van der Waals surface area contributed by atoms with E-state index >= 15 is 0 Å². The number of hydrogen-bond donors (Lipinski definition) is 1. The van der Waals surface area contributed by atoms with Gasteiger partial charge in [-0.25, -0.2) is 9.07 Å². The third kappa shape index (κ3) is 4.34. The average molecular weight is 395 g/mol. The molecule has 29 heavy (non-hydrogen) atoms. The zero-order valence-electron chi connectivity index (χ0n) is 16.7. The summed E-state index contributed by atoms with van der Waals surface area (Å²) < 4.78 is 19.3. The second-order valence-electron chi connectivity index (χ2n) is 6.82. The topological polar surface area (TPSA) is 76.5 Å². The van der Waals surface area contributed by atoms with Crippen molar-refractivity contribution in [3.05, 3.63) is 81.0 Å². The lowest BCUT2D eigenvalue weighted by molar-refractivity contribution is -0.139. The average Bonchev–Trinajstić information content (AvgIpc) is 3.00. The van der Waals surface area contributed by atoms with E-state index in [4.69, 9.17) is 4.74 Å². The minimum atomic E-state index is -0.488. The van der Waals surface area contributed by atoms with E-state index in [0.29, 0.717) is 22.7 Å². The van der Waals surface area contributed by atoms with Crippen LogP contribution in [0.5, 0.6) is 0 Å². The molecular formula is C22H22FN3O3. The first-order valence-corrected chi connectivity index (χ1v) is 9.09. The van der Waals surface area contributed by atoms with Gasteiger partial charge in [0.15, 0.2) is 0 Å². The predicted molar refractivity (Wildman–Crippen MR) is 110 cm³/mol. The second-order valence-corrected chi connectivity index (χ2v) is 6.82. The van der Waals surface area contributed by atoms with Crippen molar-refractivity contribution < 1.29 is 13.9 Å². The highest BCUT2D eigenvalue weighted by Crippen LogP contribution is 2.21. The van der Waals surface area contributed by atoms with Gasteiger partial charge in [0.2, 0.25) is 0 Å². The van der Waals surface area contributed by atoms with Gasteiger partial charge in [-0.2, -0.15) is 0 Å². The summed E-state index contributed by atoms with van der Waals surface area (Å²) in [6, 6.07) is 11.3. The first kappa shape index (κ1) is 20.3. The van der Waals surface area contributed by atoms with E-state index in [0.717, 1.165) is 16.8 Å². The van der Waals surface area contributed by atoms with Crippen LogP contribution >= 0.6 is 0 Å². The van der Waals surface area contributed by atoms with Crippen molar-refractivity contribution in [3.8, 4) is 5.69 Å². The summed E-state index contributed by atoms with van der Waals surface area (Å²) in [4.78, 5) is 29.6. The summed E-state index contributed by atoms with van der Waals surface area (Å²) in [6.07, 6.45) is -0.116. The molecule has 0 fully saturated rings. The molecule has 3 rings (SSSR count). The number of benzene rings is 2. The van der Waals surface area contributed by atoms with Crippen LogP contribution in [0.25, 0.3) is 5.69 Å². The molecule has 0 atom stereocenters. The number of aliphatic imine (C=N–C) groups is 1. The molecule has 0 bridgehead atoms. The Morgan fingerprint density at radius 3 is 2.48 bits per heavy atom. The smallest absolute Gasteiger partial charge is 0.311 e. The Hall–Kier alpha value is -3.48. The van der Waals surface area contributed by atoms with Gasteiger partial charge in [-0.3, -0.25) is 19.7 Å². The van der Waals surface area contributed by atoms with Gasteiger partial charge in [-0.15, -0.1) is 0 Å². The molecular weight excluding hydrogens is 373 g/mol. The predicted octanol–water partition coefficient (Wildman–Crippen LogP) is 3.78. The van der Waals surface area contributed by atoms with E-state index in [9.17, 15) is 14.0 Å². The van der Waals surface area contributed by atoms with Crippen molar-refractivity contribution >= 4 is 17.4 Å². The summed E-state index contributed by atoms with van der Waals surface area (Å²) in [7, 11) is 1.29. The fourth-order valence-electron chi connectivity index (χ4n) is 3.14. The van der Waals surface area contributed by atoms with Gasteiger partial charge in [-0.1, -0.05) is 17.7 Å². The van der Waals surface area contributed by atoms with Crippen molar-refractivity contribution in [2.24, 2.45) is 4.99 Å². The van der Waals surface area contributed by atoms with Crippen LogP contribution in [-0.4, -0.2) is 28.6 Å². The first-order chi connectivity index (χ1) is 13.8. The Morgan fingerprint density at radius 1 is 1.17 bits per heavy atom. The Bertz CT molecular complexity index is 1140. The van der Waals surface area contributed by atoms with Crippen LogP contribution in [0.3, 0.4) is 0 Å². The highest BCUT2D eigenvalue weighted by Gasteiger charge is 2.20. The second kappa shape index (κ2) is 8.26. The summed E-state index contributed by atoms with van der Waals surface area (Å²) in [5, 5.41) is 2.94. The molecule has 150 valence electrons. The number of aromatic amines is 1. The van der Waals surface area contributed by atoms with Crippen molar-refractivity contribution in [3.63, 3.8) is 0 Å². The quantitative estimate of drug-likeness (QED) is 0.528. The number of H-pyrrole nitrogens is 1. The Labute approximate surface area is 167 Å². The lowest BCUT2D eigenvalue weighted by atomic mass is 10.1. The highest BCUT2D eigenvalue weighted by atomic mass is 19.1. The normalized spacial score (nSPS) is 11.6. The van der Waals surface area contributed by atoms with Crippen LogP contribution < -0.4 is 5.56 Å². The summed E-state index contributed by atoms with van der Waals surface area (Å²) >= 11 is 0. The van der Waals surface area contributed by atoms with E-state index < -0.39 is 11.8 Å². The number of rotatable bonds is 5. The molecule has 0 saturated carbocycles. The SMILES string of the molecule is COC(=O)Cc1[nH]n(-c2ccc(F)cc2)c(=O)c1C(C)=Nc1ccc(C)cc1C. The van der Waals surface area contributed by atoms with Gasteiger partial charge < -0.3 is 4.74 Å². The first-order valence-electron chi connectivity index (χ1n) is 9.09. The van der Waals surface area contributed by atoms with E-state index in [1.165, 1.54) is 36.1 Å². The van der Waals surface area contributed by atoms with Crippen LogP contribution in [0, 0.1) is 19.7 Å². The van der Waals surface area contributed by atoms with Gasteiger partial charge in [0, 0.05) is 0 Å². The van der Waals surface area contributed by atoms with Crippen molar-refractivity contribution in [1.29, 1.82) is 0 Å². The number of carbonyl (C=O) groups is 1. The number of methoxy groups -OCH3 is 1. The van der Waals surface area contributed by atoms with Crippen LogP contribution in [0.4, 0.5) is 10.1 Å². The van der Waals surface area contributed by atoms with E-state index in [-0.39, 0.29) is 12.0 Å². The fourth-order valence-corrected chi connectivity index (χ4v) is 3.14. The van der Waals surface area contributed by atoms with E-state index in [1.807, 2.05) is 32.0 Å². The maximum atomic E-state index is 13.3. The van der Waals surface area contributed by atoms with Crippen molar-refractivity contribution in [2.45, 2.75) is 27.2 Å². The molecule has 0 aliphatic heterocycles. The summed E-state index contributed by atoms with van der Waals surface area (Å²) in [5.41, 5.74) is 4.06. The minimum Gasteiger partial charge on any atom is -0.469 e. The molecule has 0 aliphatic rings. The van der Waals surface area contributed by atoms with Crippen LogP contribution in [-0.2, 0) is 16.0 Å². The number of esters is 1. The third-order valence-corrected chi connectivity index (χ3v) is 4.60. The molecule has 1 heterocycles. The number of hydrogen-bond acceptors (Lipinski definition) is 4. The molecule has 6 nitrogen and oxygen atoms in total. The molecule has 3 aromatic rings. The minimum absolute atomic E-state index is 0.116. The van der Waals surface area contributed by atoms with Crippen molar-refractivity contribution in [1.82, 2.24) is 9.78 Å². The van der Waals surface area contributed by atoms with E-state index in [2.05, 4.69) is 10.1 Å². The number of aromatic nitrogens is 2. The number of nitrogens with zero attached hydrogens (tertiary/aromatic N) is 2. The van der Waals surface area contributed by atoms with Gasteiger partial charge in [-0.05, 0) is 56.7 Å². The summed E-state index contributed by atoms with van der Waals surface area (Å²) in [5.74, 6) is -0.894. The molecule has 0 aliphatic carbocycles. The number of carbonyl (C=O) groups excluding carboxylic acids is 1. The van der Waals surface area contributed by atoms with Gasteiger partial charge in [0.1, 0.15) is 5.82 Å². The molecule has 7 heteroatoms. The Balaban J connectivity index is 2.14. The molecule has 0 saturated heterocycles. The fraction of sp³-hybridized carbons (Fsp3) is 0.227. The van der Waals surface area contributed by atoms with Gasteiger partial charge in [0.05, 0.1) is 41.9 Å². The van der Waals surface area contributed by atoms with Gasteiger partial charge in [0.25, 0.3) is 5.56 Å². The van der Waals surface area contributed by atoms with Gasteiger partial charge >= 0.3 is 5.97 Å². The van der Waals surface area contributed by atoms with Crippen LogP contribution in [0.2, 0.25) is 0 Å². The molecule has 0 radical (unpaired) electrons. The van der Waals surface area contributed by atoms with Crippen molar-refractivity contribution in [2.75, 3.05) is 7.11 Å². The number of ether oxygens (including phenoxy) is 1. The zero-order valence-corrected chi connectivity index (χ0v) is 16.7. The maximum Gasteiger partial charge on any atom is 0.311 e. The molecule has 2 aromatic carbocycles. The molecule has 1 N–H and O–H groups in total. The summed E-state index contributed by atoms with van der Waals surface area (Å²) in [6.45, 7) is 5.66. The number of nitrogens with one attached hydrogen (secondary N) is 1. The van der Waals surface area contributed by atoms with E-state index in [1.54, 1.807) is 6.92 Å². The molecule has 0 spiro atoms. The Kier molecular flexibility index (Phi) is 5.77. The maximum absolute atomic E-state index is 13.3. The zero-order chi connectivity index (χ0) is 21.1. The van der Waals surface area contributed by atoms with Crippen LogP contribution in [0.15, 0.2) is 52.3 Å². The number of halogens is 1. The number of aryl methyl sites for hydroxylation is 2. The molecule has 1 aromatic heterocycles. The molecule has 0 amide bonds.